The summed E-state index contributed by atoms with van der Waals surface area (Å²) in [5.41, 5.74) is 1.27. The van der Waals surface area contributed by atoms with Crippen molar-refractivity contribution in [3.8, 4) is 5.75 Å². The predicted molar refractivity (Wildman–Crippen MR) is 86.4 cm³/mol. The highest BCUT2D eigenvalue weighted by atomic mass is 16.5. The summed E-state index contributed by atoms with van der Waals surface area (Å²) < 4.78 is 10.9. The lowest BCUT2D eigenvalue weighted by Crippen LogP contribution is -2.19. The third kappa shape index (κ3) is 9.82. The fourth-order valence-electron chi connectivity index (χ4n) is 1.60. The van der Waals surface area contributed by atoms with Crippen LogP contribution in [0.3, 0.4) is 0 Å². The molecule has 0 spiro atoms. The molecule has 0 aromatic heterocycles. The highest BCUT2D eigenvalue weighted by Crippen LogP contribution is 2.11. The Morgan fingerprint density at radius 1 is 1.00 bits per heavy atom. The first kappa shape index (κ1) is 18.9. The Bertz CT molecular complexity index is 298. The number of benzene rings is 1. The van der Waals surface area contributed by atoms with E-state index in [-0.39, 0.29) is 0 Å². The summed E-state index contributed by atoms with van der Waals surface area (Å²) in [6, 6.07) is 8.21. The Hall–Kier alpha value is -1.06. The highest BCUT2D eigenvalue weighted by Gasteiger charge is 1.95. The molecule has 1 aromatic rings. The van der Waals surface area contributed by atoms with Crippen LogP contribution in [0.1, 0.15) is 46.1 Å². The van der Waals surface area contributed by atoms with Crippen molar-refractivity contribution in [2.75, 3.05) is 26.4 Å². The molecule has 0 heterocycles. The van der Waals surface area contributed by atoms with Crippen molar-refractivity contribution >= 4 is 0 Å². The third-order valence-corrected chi connectivity index (χ3v) is 2.63. The van der Waals surface area contributed by atoms with E-state index in [1.165, 1.54) is 12.0 Å². The molecule has 3 nitrogen and oxygen atoms in total. The largest absolute Gasteiger partial charge is 0.494 e. The lowest BCUT2D eigenvalue weighted by molar-refractivity contribution is 0.133. The summed E-state index contributed by atoms with van der Waals surface area (Å²) in [6.45, 7) is 12.3. The molecule has 0 unspecified atom stereocenters. The van der Waals surface area contributed by atoms with Gasteiger partial charge in [-0.1, -0.05) is 39.3 Å². The van der Waals surface area contributed by atoms with Gasteiger partial charge in [-0.05, 0) is 31.0 Å². The number of hydrogen-bond donors (Lipinski definition) is 1. The van der Waals surface area contributed by atoms with Crippen LogP contribution in [0.5, 0.6) is 5.75 Å². The fourth-order valence-corrected chi connectivity index (χ4v) is 1.60. The van der Waals surface area contributed by atoms with Gasteiger partial charge in [-0.15, -0.1) is 0 Å². The van der Waals surface area contributed by atoms with Crippen LogP contribution in [0.4, 0.5) is 0 Å². The van der Waals surface area contributed by atoms with Gasteiger partial charge in [-0.2, -0.15) is 0 Å². The molecule has 0 amide bonds. The minimum absolute atomic E-state index is 0.715. The molecule has 20 heavy (non-hydrogen) atoms. The zero-order chi connectivity index (χ0) is 15.1. The first-order valence-corrected chi connectivity index (χ1v) is 7.87. The third-order valence-electron chi connectivity index (χ3n) is 2.63. The average molecular weight is 281 g/mol. The number of unbranched alkanes of at least 4 members (excludes halogenated alkanes) is 1. The topological polar surface area (TPSA) is 30.5 Å². The first-order chi connectivity index (χ1) is 9.86. The molecule has 0 fully saturated rings. The molecule has 0 bridgehead atoms. The highest BCUT2D eigenvalue weighted by molar-refractivity contribution is 5.27. The van der Waals surface area contributed by atoms with Crippen molar-refractivity contribution in [3.63, 3.8) is 0 Å². The number of nitrogens with one attached hydrogen (secondary N) is 1. The van der Waals surface area contributed by atoms with Gasteiger partial charge < -0.3 is 14.8 Å². The molecule has 0 radical (unpaired) electrons. The molecule has 3 heteroatoms. The normalized spacial score (nSPS) is 9.80. The fraction of sp³-hybridized carbons (Fsp3) is 0.647. The summed E-state index contributed by atoms with van der Waals surface area (Å²) in [5.74, 6) is 0.934. The van der Waals surface area contributed by atoms with Crippen LogP contribution in [0.2, 0.25) is 0 Å². The van der Waals surface area contributed by atoms with Gasteiger partial charge in [0.25, 0.3) is 0 Å². The van der Waals surface area contributed by atoms with E-state index < -0.39 is 0 Å². The summed E-state index contributed by atoms with van der Waals surface area (Å²) >= 11 is 0. The number of ether oxygens (including phenoxy) is 2. The van der Waals surface area contributed by atoms with E-state index in [9.17, 15) is 0 Å². The van der Waals surface area contributed by atoms with Crippen LogP contribution >= 0.6 is 0 Å². The Morgan fingerprint density at radius 2 is 1.70 bits per heavy atom. The molecule has 0 aliphatic heterocycles. The standard InChI is InChI=1S/C15H25NO2.C2H6/c1-3-5-11-17-12-10-16-13-14-6-8-15(9-7-14)18-4-2;1-2/h6-9,16H,3-5,10-13H2,1-2H3;1-2H3. The minimum atomic E-state index is 0.715. The molecule has 116 valence electrons. The summed E-state index contributed by atoms with van der Waals surface area (Å²) in [5, 5.41) is 3.36. The summed E-state index contributed by atoms with van der Waals surface area (Å²) in [4.78, 5) is 0. The van der Waals surface area contributed by atoms with Gasteiger partial charge in [0.1, 0.15) is 5.75 Å². The van der Waals surface area contributed by atoms with E-state index in [0.29, 0.717) is 6.61 Å². The van der Waals surface area contributed by atoms with E-state index in [1.54, 1.807) is 0 Å². The smallest absolute Gasteiger partial charge is 0.119 e. The van der Waals surface area contributed by atoms with Gasteiger partial charge >= 0.3 is 0 Å². The van der Waals surface area contributed by atoms with Crippen molar-refractivity contribution in [3.05, 3.63) is 29.8 Å². The molecule has 0 aliphatic rings. The lowest BCUT2D eigenvalue weighted by atomic mass is 10.2. The molecule has 1 N–H and O–H groups in total. The molecule has 1 aromatic carbocycles. The van der Waals surface area contributed by atoms with Gasteiger partial charge in [-0.3, -0.25) is 0 Å². The van der Waals surface area contributed by atoms with Crippen LogP contribution < -0.4 is 10.1 Å². The van der Waals surface area contributed by atoms with Crippen molar-refractivity contribution < 1.29 is 9.47 Å². The maximum atomic E-state index is 5.48. The monoisotopic (exact) mass is 281 g/mol. The van der Waals surface area contributed by atoms with Gasteiger partial charge in [0.2, 0.25) is 0 Å². The van der Waals surface area contributed by atoms with E-state index in [4.69, 9.17) is 9.47 Å². The maximum absolute atomic E-state index is 5.48. The van der Waals surface area contributed by atoms with Crippen LogP contribution in [-0.2, 0) is 11.3 Å². The van der Waals surface area contributed by atoms with Crippen molar-refractivity contribution in [1.82, 2.24) is 5.32 Å². The second-order valence-corrected chi connectivity index (χ2v) is 4.22. The molecule has 1 rings (SSSR count). The average Bonchev–Trinajstić information content (AvgIpc) is 2.50. The van der Waals surface area contributed by atoms with Gasteiger partial charge in [0.15, 0.2) is 0 Å². The lowest BCUT2D eigenvalue weighted by Gasteiger charge is -2.07. The summed E-state index contributed by atoms with van der Waals surface area (Å²) in [6.07, 6.45) is 2.35. The van der Waals surface area contributed by atoms with Gasteiger partial charge in [0.05, 0.1) is 13.2 Å². The number of rotatable bonds is 10. The Balaban J connectivity index is 0.00000172. The molecular formula is C17H31NO2. The van der Waals surface area contributed by atoms with Gasteiger partial charge in [0, 0.05) is 19.7 Å². The zero-order valence-electron chi connectivity index (χ0n) is 13.6. The van der Waals surface area contributed by atoms with E-state index >= 15 is 0 Å². The van der Waals surface area contributed by atoms with Crippen molar-refractivity contribution in [2.24, 2.45) is 0 Å². The SMILES string of the molecule is CC.CCCCOCCNCc1ccc(OCC)cc1. The van der Waals surface area contributed by atoms with Crippen LogP contribution in [0.15, 0.2) is 24.3 Å². The molecule has 0 atom stereocenters. The van der Waals surface area contributed by atoms with Crippen LogP contribution in [-0.4, -0.2) is 26.4 Å². The van der Waals surface area contributed by atoms with E-state index in [1.807, 2.05) is 32.9 Å². The van der Waals surface area contributed by atoms with E-state index in [0.717, 1.165) is 38.5 Å². The zero-order valence-corrected chi connectivity index (χ0v) is 13.6. The molecule has 0 saturated heterocycles. The Kier molecular flexibility index (Phi) is 13.6. The second-order valence-electron chi connectivity index (χ2n) is 4.22. The van der Waals surface area contributed by atoms with Crippen molar-refractivity contribution in [1.29, 1.82) is 0 Å². The van der Waals surface area contributed by atoms with Gasteiger partial charge in [-0.25, -0.2) is 0 Å². The quantitative estimate of drug-likeness (QED) is 0.657. The van der Waals surface area contributed by atoms with Crippen LogP contribution in [0.25, 0.3) is 0 Å². The number of hydrogen-bond acceptors (Lipinski definition) is 3. The van der Waals surface area contributed by atoms with E-state index in [2.05, 4.69) is 24.4 Å². The Morgan fingerprint density at radius 3 is 2.30 bits per heavy atom. The molecule has 0 saturated carbocycles. The molecular weight excluding hydrogens is 250 g/mol. The maximum Gasteiger partial charge on any atom is 0.119 e. The summed E-state index contributed by atoms with van der Waals surface area (Å²) in [7, 11) is 0. The first-order valence-electron chi connectivity index (χ1n) is 7.87. The predicted octanol–water partition coefficient (Wildman–Crippen LogP) is 4.02. The second kappa shape index (κ2) is 14.4. The Labute approximate surface area is 124 Å². The molecule has 0 aliphatic carbocycles. The van der Waals surface area contributed by atoms with Crippen LogP contribution in [0, 0.1) is 0 Å². The minimum Gasteiger partial charge on any atom is -0.494 e. The van der Waals surface area contributed by atoms with Crippen molar-refractivity contribution in [2.45, 2.75) is 47.1 Å².